The summed E-state index contributed by atoms with van der Waals surface area (Å²) in [5.41, 5.74) is 0. The number of aliphatic hydroxyl groups is 2. The number of rotatable bonds is 5. The zero-order valence-electron chi connectivity index (χ0n) is 5.41. The van der Waals surface area contributed by atoms with E-state index in [1.54, 1.807) is 6.92 Å². The first kappa shape index (κ1) is 8.84. The fourth-order valence-electron chi connectivity index (χ4n) is 0.232. The maximum atomic E-state index is 8.37. The quantitative estimate of drug-likeness (QED) is 0.298. The zero-order chi connectivity index (χ0) is 7.11. The van der Waals surface area contributed by atoms with Crippen LogP contribution in [0.3, 0.4) is 0 Å². The van der Waals surface area contributed by atoms with Crippen molar-refractivity contribution in [1.82, 2.24) is 0 Å². The molecule has 1 atom stereocenters. The highest BCUT2D eigenvalue weighted by atomic mass is 17.2. The van der Waals surface area contributed by atoms with Gasteiger partial charge in [0, 0.05) is 0 Å². The lowest BCUT2D eigenvalue weighted by atomic mass is 10.5. The Hall–Kier alpha value is -0.160. The second-order valence-corrected chi connectivity index (χ2v) is 1.63. The molecule has 0 rings (SSSR count). The van der Waals surface area contributed by atoms with E-state index in [0.717, 1.165) is 0 Å². The van der Waals surface area contributed by atoms with Crippen molar-refractivity contribution in [3.05, 3.63) is 0 Å². The first-order valence-corrected chi connectivity index (χ1v) is 2.81. The van der Waals surface area contributed by atoms with Gasteiger partial charge < -0.3 is 10.2 Å². The number of aliphatic hydroxyl groups excluding tert-OH is 2. The van der Waals surface area contributed by atoms with Gasteiger partial charge in [0.15, 0.2) is 0 Å². The van der Waals surface area contributed by atoms with E-state index in [2.05, 4.69) is 9.78 Å². The van der Waals surface area contributed by atoms with Gasteiger partial charge in [-0.3, -0.25) is 0 Å². The molecule has 0 aliphatic carbocycles. The molecule has 2 N–H and O–H groups in total. The van der Waals surface area contributed by atoms with Gasteiger partial charge in [0.25, 0.3) is 0 Å². The summed E-state index contributed by atoms with van der Waals surface area (Å²) in [4.78, 5) is 8.95. The van der Waals surface area contributed by atoms with Crippen LogP contribution in [0.25, 0.3) is 0 Å². The molecule has 4 heteroatoms. The third-order valence-corrected chi connectivity index (χ3v) is 0.664. The first-order chi connectivity index (χ1) is 4.31. The first-order valence-electron chi connectivity index (χ1n) is 2.81. The second-order valence-electron chi connectivity index (χ2n) is 1.63. The molecule has 0 spiro atoms. The minimum absolute atomic E-state index is 0.0713. The Morgan fingerprint density at radius 3 is 2.56 bits per heavy atom. The average molecular weight is 136 g/mol. The molecule has 0 radical (unpaired) electrons. The van der Waals surface area contributed by atoms with E-state index in [1.165, 1.54) is 0 Å². The highest BCUT2D eigenvalue weighted by Crippen LogP contribution is 1.88. The van der Waals surface area contributed by atoms with Gasteiger partial charge in [0.1, 0.15) is 12.7 Å². The third kappa shape index (κ3) is 5.72. The van der Waals surface area contributed by atoms with E-state index in [0.29, 0.717) is 0 Å². The lowest BCUT2D eigenvalue weighted by Gasteiger charge is -2.06. The standard InChI is InChI=1S/C5H12O4/c1-5(4-7)9-8-3-2-6/h5-7H,2-4H2,1H3. The number of hydrogen-bond donors (Lipinski definition) is 2. The van der Waals surface area contributed by atoms with E-state index in [4.69, 9.17) is 10.2 Å². The summed E-state index contributed by atoms with van der Waals surface area (Å²) in [7, 11) is 0. The Balaban J connectivity index is 2.88. The monoisotopic (exact) mass is 136 g/mol. The summed E-state index contributed by atoms with van der Waals surface area (Å²) in [5.74, 6) is 0. The molecule has 0 saturated heterocycles. The van der Waals surface area contributed by atoms with E-state index in [-0.39, 0.29) is 25.9 Å². The van der Waals surface area contributed by atoms with Crippen molar-refractivity contribution in [3.63, 3.8) is 0 Å². The molecule has 56 valence electrons. The second kappa shape index (κ2) is 5.97. The minimum Gasteiger partial charge on any atom is -0.394 e. The van der Waals surface area contributed by atoms with Crippen LogP contribution in [0.2, 0.25) is 0 Å². The van der Waals surface area contributed by atoms with Crippen LogP contribution in [-0.4, -0.2) is 36.1 Å². The minimum atomic E-state index is -0.323. The Morgan fingerprint density at radius 1 is 1.44 bits per heavy atom. The van der Waals surface area contributed by atoms with Crippen molar-refractivity contribution < 1.29 is 20.0 Å². The Bertz CT molecular complexity index is 56.9. The lowest BCUT2D eigenvalue weighted by Crippen LogP contribution is -2.14. The van der Waals surface area contributed by atoms with Crippen LogP contribution < -0.4 is 0 Å². The Labute approximate surface area is 53.9 Å². The lowest BCUT2D eigenvalue weighted by molar-refractivity contribution is -0.327. The molecule has 0 fully saturated rings. The molecule has 0 amide bonds. The largest absolute Gasteiger partial charge is 0.394 e. The Kier molecular flexibility index (Phi) is 5.86. The van der Waals surface area contributed by atoms with Gasteiger partial charge in [0.2, 0.25) is 0 Å². The molecular weight excluding hydrogens is 124 g/mol. The normalized spacial score (nSPS) is 13.7. The SMILES string of the molecule is CC(CO)OOCCO. The van der Waals surface area contributed by atoms with Crippen LogP contribution in [0.1, 0.15) is 6.92 Å². The molecule has 0 aromatic rings. The van der Waals surface area contributed by atoms with Crippen LogP contribution in [0.15, 0.2) is 0 Å². The van der Waals surface area contributed by atoms with Gasteiger partial charge in [-0.15, -0.1) is 0 Å². The van der Waals surface area contributed by atoms with Crippen molar-refractivity contribution >= 4 is 0 Å². The van der Waals surface area contributed by atoms with Gasteiger partial charge >= 0.3 is 0 Å². The molecular formula is C5H12O4. The summed E-state index contributed by atoms with van der Waals surface area (Å²) in [6.07, 6.45) is -0.323. The van der Waals surface area contributed by atoms with Crippen molar-refractivity contribution in [1.29, 1.82) is 0 Å². The molecule has 0 aliphatic rings. The zero-order valence-corrected chi connectivity index (χ0v) is 5.41. The molecule has 0 aromatic heterocycles. The van der Waals surface area contributed by atoms with Gasteiger partial charge in [-0.25, -0.2) is 9.78 Å². The average Bonchev–Trinajstić information content (AvgIpc) is 1.89. The molecule has 0 saturated carbocycles. The molecule has 0 heterocycles. The van der Waals surface area contributed by atoms with Crippen molar-refractivity contribution in [2.75, 3.05) is 19.8 Å². The summed E-state index contributed by atoms with van der Waals surface area (Å²) in [5, 5.41) is 16.6. The highest BCUT2D eigenvalue weighted by Gasteiger charge is 1.97. The van der Waals surface area contributed by atoms with Crippen LogP contribution >= 0.6 is 0 Å². The van der Waals surface area contributed by atoms with Gasteiger partial charge in [-0.05, 0) is 6.92 Å². The topological polar surface area (TPSA) is 58.9 Å². The molecule has 1 unspecified atom stereocenters. The molecule has 0 aromatic carbocycles. The summed E-state index contributed by atoms with van der Waals surface area (Å²) in [6, 6.07) is 0. The fourth-order valence-corrected chi connectivity index (χ4v) is 0.232. The van der Waals surface area contributed by atoms with Crippen molar-refractivity contribution in [2.45, 2.75) is 13.0 Å². The summed E-state index contributed by atoms with van der Waals surface area (Å²) >= 11 is 0. The van der Waals surface area contributed by atoms with Gasteiger partial charge in [-0.2, -0.15) is 0 Å². The maximum absolute atomic E-state index is 8.37. The molecule has 9 heavy (non-hydrogen) atoms. The van der Waals surface area contributed by atoms with Crippen LogP contribution in [0, 0.1) is 0 Å². The van der Waals surface area contributed by atoms with E-state index < -0.39 is 0 Å². The summed E-state index contributed by atoms with van der Waals surface area (Å²) < 4.78 is 0. The summed E-state index contributed by atoms with van der Waals surface area (Å²) in [6.45, 7) is 1.66. The van der Waals surface area contributed by atoms with Crippen LogP contribution in [-0.2, 0) is 9.78 Å². The Morgan fingerprint density at radius 2 is 2.11 bits per heavy atom. The maximum Gasteiger partial charge on any atom is 0.113 e. The van der Waals surface area contributed by atoms with E-state index in [1.807, 2.05) is 0 Å². The third-order valence-electron chi connectivity index (χ3n) is 0.664. The molecule has 0 bridgehead atoms. The molecule has 4 nitrogen and oxygen atoms in total. The van der Waals surface area contributed by atoms with Gasteiger partial charge in [0.05, 0.1) is 13.2 Å². The van der Waals surface area contributed by atoms with Crippen LogP contribution in [0.4, 0.5) is 0 Å². The van der Waals surface area contributed by atoms with E-state index in [9.17, 15) is 0 Å². The number of hydrogen-bond acceptors (Lipinski definition) is 4. The van der Waals surface area contributed by atoms with Crippen LogP contribution in [0.5, 0.6) is 0 Å². The van der Waals surface area contributed by atoms with Crippen molar-refractivity contribution in [2.24, 2.45) is 0 Å². The predicted molar refractivity (Wildman–Crippen MR) is 30.7 cm³/mol. The van der Waals surface area contributed by atoms with Gasteiger partial charge in [-0.1, -0.05) is 0 Å². The molecule has 0 aliphatic heterocycles. The highest BCUT2D eigenvalue weighted by molar-refractivity contribution is 4.37. The van der Waals surface area contributed by atoms with E-state index >= 15 is 0 Å². The fraction of sp³-hybridized carbons (Fsp3) is 1.00. The smallest absolute Gasteiger partial charge is 0.113 e. The predicted octanol–water partition coefficient (Wildman–Crippen LogP) is -0.692. The van der Waals surface area contributed by atoms with Crippen molar-refractivity contribution in [3.8, 4) is 0 Å².